The molecule has 0 saturated carbocycles. The summed E-state index contributed by atoms with van der Waals surface area (Å²) < 4.78 is 0. The highest BCUT2D eigenvalue weighted by atomic mass is 16.6. The van der Waals surface area contributed by atoms with Gasteiger partial charge < -0.3 is 4.90 Å². The van der Waals surface area contributed by atoms with Crippen molar-refractivity contribution in [3.05, 3.63) is 94.0 Å². The molecule has 0 aliphatic heterocycles. The van der Waals surface area contributed by atoms with E-state index in [0.717, 1.165) is 29.9 Å². The summed E-state index contributed by atoms with van der Waals surface area (Å²) in [6.45, 7) is 4.51. The highest BCUT2D eigenvalue weighted by Crippen LogP contribution is 2.36. The second-order valence-electron chi connectivity index (χ2n) is 10.5. The normalized spacial score (nSPS) is 11.0. The lowest BCUT2D eigenvalue weighted by molar-refractivity contribution is -0.384. The van der Waals surface area contributed by atoms with Crippen LogP contribution >= 0.6 is 0 Å². The molecule has 3 rings (SSSR count). The molecule has 0 saturated heterocycles. The zero-order chi connectivity index (χ0) is 27.0. The SMILES string of the molecule is CCCCCCCCc1ccc(N(c2ccc(CCCCCCCC)cc2)c2cccc([N+](=O)[O-])c2)cc1. The number of unbranched alkanes of at least 4 members (excludes halogenated alkanes) is 10. The second kappa shape index (κ2) is 16.7. The Kier molecular flexibility index (Phi) is 12.9. The summed E-state index contributed by atoms with van der Waals surface area (Å²) in [6, 6.07) is 24.3. The van der Waals surface area contributed by atoms with Crippen LogP contribution in [-0.4, -0.2) is 4.92 Å². The number of benzene rings is 3. The van der Waals surface area contributed by atoms with Gasteiger partial charge in [-0.05, 0) is 67.1 Å². The first-order valence-corrected chi connectivity index (χ1v) is 14.8. The van der Waals surface area contributed by atoms with E-state index in [9.17, 15) is 10.1 Å². The van der Waals surface area contributed by atoms with Gasteiger partial charge in [-0.25, -0.2) is 0 Å². The van der Waals surface area contributed by atoms with Gasteiger partial charge in [-0.15, -0.1) is 0 Å². The third kappa shape index (κ3) is 9.63. The van der Waals surface area contributed by atoms with E-state index >= 15 is 0 Å². The number of nitro groups is 1. The van der Waals surface area contributed by atoms with Gasteiger partial charge in [0.2, 0.25) is 0 Å². The van der Waals surface area contributed by atoms with Crippen molar-refractivity contribution in [3.63, 3.8) is 0 Å². The van der Waals surface area contributed by atoms with Gasteiger partial charge in [-0.3, -0.25) is 10.1 Å². The maximum atomic E-state index is 11.5. The molecule has 4 heteroatoms. The number of nitrogens with zero attached hydrogens (tertiary/aromatic N) is 2. The summed E-state index contributed by atoms with van der Waals surface area (Å²) >= 11 is 0. The van der Waals surface area contributed by atoms with Gasteiger partial charge in [-0.2, -0.15) is 0 Å². The first-order valence-electron chi connectivity index (χ1n) is 14.8. The molecule has 0 unspecified atom stereocenters. The van der Waals surface area contributed by atoms with Gasteiger partial charge in [0.25, 0.3) is 5.69 Å². The predicted molar refractivity (Wildman–Crippen MR) is 162 cm³/mol. The molecule has 0 atom stereocenters. The van der Waals surface area contributed by atoms with Crippen LogP contribution in [0.25, 0.3) is 0 Å². The topological polar surface area (TPSA) is 46.4 Å². The zero-order valence-corrected chi connectivity index (χ0v) is 23.5. The molecule has 0 aliphatic carbocycles. The summed E-state index contributed by atoms with van der Waals surface area (Å²) in [6.07, 6.45) is 17.8. The Morgan fingerprint density at radius 2 is 1.03 bits per heavy atom. The number of rotatable bonds is 18. The van der Waals surface area contributed by atoms with E-state index in [1.165, 1.54) is 88.2 Å². The van der Waals surface area contributed by atoms with E-state index in [-0.39, 0.29) is 10.6 Å². The molecule has 0 heterocycles. The Balaban J connectivity index is 1.72. The smallest absolute Gasteiger partial charge is 0.271 e. The van der Waals surface area contributed by atoms with Crippen molar-refractivity contribution in [2.45, 2.75) is 104 Å². The number of hydrogen-bond acceptors (Lipinski definition) is 3. The number of anilines is 3. The molecule has 3 aromatic carbocycles. The summed E-state index contributed by atoms with van der Waals surface area (Å²) in [4.78, 5) is 13.3. The monoisotopic (exact) mass is 514 g/mol. The molecule has 0 radical (unpaired) electrons. The number of nitro benzene ring substituents is 1. The summed E-state index contributed by atoms with van der Waals surface area (Å²) in [5.74, 6) is 0. The van der Waals surface area contributed by atoms with E-state index in [2.05, 4.69) is 67.3 Å². The minimum atomic E-state index is -0.325. The van der Waals surface area contributed by atoms with Crippen LogP contribution in [0.1, 0.15) is 102 Å². The largest absolute Gasteiger partial charge is 0.310 e. The fraction of sp³-hybridized carbons (Fsp3) is 0.471. The standard InChI is InChI=1S/C34H46N2O2/c1-3-5-7-9-11-13-16-29-20-24-31(25-21-29)35(33-18-15-19-34(28-33)36(37)38)32-26-22-30(23-27-32)17-14-12-10-8-6-4-2/h15,18-28H,3-14,16-17H2,1-2H3. The Bertz CT molecular complexity index is 1020. The maximum absolute atomic E-state index is 11.5. The molecule has 0 bridgehead atoms. The van der Waals surface area contributed by atoms with Gasteiger partial charge >= 0.3 is 0 Å². The number of non-ortho nitro benzene ring substituents is 1. The molecule has 0 aliphatic rings. The Hall–Kier alpha value is -3.14. The van der Waals surface area contributed by atoms with Crippen molar-refractivity contribution in [3.8, 4) is 0 Å². The van der Waals surface area contributed by atoms with Crippen LogP contribution in [0, 0.1) is 10.1 Å². The van der Waals surface area contributed by atoms with Crippen molar-refractivity contribution in [1.29, 1.82) is 0 Å². The van der Waals surface area contributed by atoms with Gasteiger partial charge in [0.1, 0.15) is 0 Å². The van der Waals surface area contributed by atoms with Crippen LogP contribution in [0.3, 0.4) is 0 Å². The first-order chi connectivity index (χ1) is 18.6. The van der Waals surface area contributed by atoms with Gasteiger partial charge in [-0.1, -0.05) is 108 Å². The molecule has 4 nitrogen and oxygen atoms in total. The van der Waals surface area contributed by atoms with E-state index in [4.69, 9.17) is 0 Å². The Labute approximate surface area is 230 Å². The van der Waals surface area contributed by atoms with Crippen LogP contribution < -0.4 is 4.90 Å². The Morgan fingerprint density at radius 3 is 1.47 bits per heavy atom. The average Bonchev–Trinajstić information content (AvgIpc) is 2.94. The highest BCUT2D eigenvalue weighted by Gasteiger charge is 2.16. The van der Waals surface area contributed by atoms with Crippen molar-refractivity contribution in [1.82, 2.24) is 0 Å². The zero-order valence-electron chi connectivity index (χ0n) is 23.5. The molecule has 0 N–H and O–H groups in total. The van der Waals surface area contributed by atoms with Gasteiger partial charge in [0.05, 0.1) is 10.6 Å². The van der Waals surface area contributed by atoms with E-state index < -0.39 is 0 Å². The molecule has 0 fully saturated rings. The van der Waals surface area contributed by atoms with Crippen molar-refractivity contribution in [2.24, 2.45) is 0 Å². The molecule has 3 aromatic rings. The van der Waals surface area contributed by atoms with Gasteiger partial charge in [0, 0.05) is 23.5 Å². The van der Waals surface area contributed by atoms with Crippen LogP contribution in [0.5, 0.6) is 0 Å². The minimum Gasteiger partial charge on any atom is -0.310 e. The van der Waals surface area contributed by atoms with E-state index in [1.54, 1.807) is 18.2 Å². The molecule has 0 amide bonds. The quantitative estimate of drug-likeness (QED) is 0.0963. The molecule has 38 heavy (non-hydrogen) atoms. The fourth-order valence-electron chi connectivity index (χ4n) is 5.04. The lowest BCUT2D eigenvalue weighted by atomic mass is 10.0. The summed E-state index contributed by atoms with van der Waals surface area (Å²) in [5, 5.41) is 11.5. The molecular weight excluding hydrogens is 468 g/mol. The van der Waals surface area contributed by atoms with Crippen LogP contribution in [0.4, 0.5) is 22.7 Å². The highest BCUT2D eigenvalue weighted by molar-refractivity contribution is 5.77. The maximum Gasteiger partial charge on any atom is 0.271 e. The molecule has 0 spiro atoms. The third-order valence-corrected chi connectivity index (χ3v) is 7.33. The van der Waals surface area contributed by atoms with Crippen molar-refractivity contribution < 1.29 is 4.92 Å². The predicted octanol–water partition coefficient (Wildman–Crippen LogP) is 10.9. The third-order valence-electron chi connectivity index (χ3n) is 7.33. The van der Waals surface area contributed by atoms with Crippen LogP contribution in [0.15, 0.2) is 72.8 Å². The first kappa shape index (κ1) is 29.4. The lowest BCUT2D eigenvalue weighted by Crippen LogP contribution is -2.10. The molecular formula is C34H46N2O2. The van der Waals surface area contributed by atoms with Crippen LogP contribution in [0.2, 0.25) is 0 Å². The average molecular weight is 515 g/mol. The number of hydrogen-bond donors (Lipinski definition) is 0. The summed E-state index contributed by atoms with van der Waals surface area (Å²) in [7, 11) is 0. The fourth-order valence-corrected chi connectivity index (χ4v) is 5.04. The van der Waals surface area contributed by atoms with Gasteiger partial charge in [0.15, 0.2) is 0 Å². The van der Waals surface area contributed by atoms with E-state index in [0.29, 0.717) is 0 Å². The minimum absolute atomic E-state index is 0.104. The second-order valence-corrected chi connectivity index (χ2v) is 10.5. The Morgan fingerprint density at radius 1 is 0.579 bits per heavy atom. The van der Waals surface area contributed by atoms with E-state index in [1.807, 2.05) is 6.07 Å². The number of aryl methyl sites for hydroxylation is 2. The molecule has 204 valence electrons. The van der Waals surface area contributed by atoms with Crippen molar-refractivity contribution >= 4 is 22.7 Å². The summed E-state index contributed by atoms with van der Waals surface area (Å²) in [5.41, 5.74) is 5.62. The lowest BCUT2D eigenvalue weighted by Gasteiger charge is -2.25. The van der Waals surface area contributed by atoms with Crippen LogP contribution in [-0.2, 0) is 12.8 Å². The van der Waals surface area contributed by atoms with Crippen molar-refractivity contribution in [2.75, 3.05) is 4.90 Å². The molecule has 0 aromatic heterocycles.